The van der Waals surface area contributed by atoms with E-state index < -0.39 is 29.3 Å². The number of benzene rings is 1. The summed E-state index contributed by atoms with van der Waals surface area (Å²) in [5, 5.41) is 6.25. The van der Waals surface area contributed by atoms with Crippen LogP contribution in [0.4, 0.5) is 26.3 Å². The number of rotatable bonds is 1. The molecule has 2 heterocycles. The minimum Gasteiger partial charge on any atom is -0.312 e. The van der Waals surface area contributed by atoms with E-state index in [-0.39, 0.29) is 24.2 Å². The number of halogens is 6. The van der Waals surface area contributed by atoms with Crippen molar-refractivity contribution in [3.8, 4) is 5.69 Å². The molecule has 0 radical (unpaired) electrons. The Morgan fingerprint density at radius 2 is 1.70 bits per heavy atom. The fourth-order valence-corrected chi connectivity index (χ4v) is 2.67. The first kappa shape index (κ1) is 15.9. The second-order valence-corrected chi connectivity index (χ2v) is 5.13. The molecule has 1 aliphatic heterocycles. The van der Waals surface area contributed by atoms with E-state index in [0.717, 1.165) is 16.8 Å². The van der Waals surface area contributed by atoms with E-state index in [9.17, 15) is 26.3 Å². The molecule has 124 valence electrons. The number of hydrogen-bond acceptors (Lipinski definition) is 2. The van der Waals surface area contributed by atoms with Gasteiger partial charge in [0.15, 0.2) is 5.69 Å². The number of alkyl halides is 6. The summed E-state index contributed by atoms with van der Waals surface area (Å²) in [6, 6.07) is 4.48. The molecule has 0 bridgehead atoms. The Hall–Kier alpha value is -2.03. The van der Waals surface area contributed by atoms with Gasteiger partial charge in [0, 0.05) is 25.1 Å². The van der Waals surface area contributed by atoms with E-state index in [1.54, 1.807) is 0 Å². The Morgan fingerprint density at radius 1 is 1.00 bits per heavy atom. The fraction of sp³-hybridized carbons (Fsp3) is 0.357. The number of hydrogen-bond donors (Lipinski definition) is 1. The molecule has 0 saturated carbocycles. The van der Waals surface area contributed by atoms with Crippen LogP contribution in [0.2, 0.25) is 0 Å². The lowest BCUT2D eigenvalue weighted by molar-refractivity contribution is -0.142. The Kier molecular flexibility index (Phi) is 3.62. The van der Waals surface area contributed by atoms with Gasteiger partial charge in [-0.3, -0.25) is 0 Å². The van der Waals surface area contributed by atoms with Crippen LogP contribution in [0.5, 0.6) is 0 Å². The first-order chi connectivity index (χ1) is 10.7. The Bertz CT molecular complexity index is 729. The van der Waals surface area contributed by atoms with E-state index in [4.69, 9.17) is 0 Å². The van der Waals surface area contributed by atoms with Crippen LogP contribution in [0.25, 0.3) is 5.69 Å². The summed E-state index contributed by atoms with van der Waals surface area (Å²) >= 11 is 0. The highest BCUT2D eigenvalue weighted by molar-refractivity contribution is 5.46. The topological polar surface area (TPSA) is 29.9 Å². The number of nitrogens with zero attached hydrogens (tertiary/aromatic N) is 2. The molecule has 9 heteroatoms. The summed E-state index contributed by atoms with van der Waals surface area (Å²) in [7, 11) is 0. The first-order valence-corrected chi connectivity index (χ1v) is 6.75. The second kappa shape index (κ2) is 5.26. The van der Waals surface area contributed by atoms with Crippen molar-refractivity contribution in [1.82, 2.24) is 15.1 Å². The number of aromatic nitrogens is 2. The monoisotopic (exact) mass is 335 g/mol. The molecular formula is C14H11F6N3. The Labute approximate surface area is 126 Å². The maximum atomic E-state index is 13.1. The lowest BCUT2D eigenvalue weighted by Crippen LogP contribution is -2.26. The van der Waals surface area contributed by atoms with Gasteiger partial charge in [-0.1, -0.05) is 12.1 Å². The molecule has 0 atom stereocenters. The second-order valence-electron chi connectivity index (χ2n) is 5.13. The third-order valence-electron chi connectivity index (χ3n) is 3.64. The van der Waals surface area contributed by atoms with Crippen molar-refractivity contribution in [1.29, 1.82) is 0 Å². The zero-order valence-corrected chi connectivity index (χ0v) is 11.6. The molecule has 0 aliphatic carbocycles. The van der Waals surface area contributed by atoms with Crippen LogP contribution >= 0.6 is 0 Å². The van der Waals surface area contributed by atoms with Crippen molar-refractivity contribution in [2.75, 3.05) is 6.54 Å². The predicted molar refractivity (Wildman–Crippen MR) is 69.0 cm³/mol. The molecule has 1 N–H and O–H groups in total. The van der Waals surface area contributed by atoms with Crippen molar-refractivity contribution in [2.45, 2.75) is 25.3 Å². The van der Waals surface area contributed by atoms with Crippen LogP contribution in [0.3, 0.4) is 0 Å². The van der Waals surface area contributed by atoms with E-state index in [2.05, 4.69) is 10.4 Å². The van der Waals surface area contributed by atoms with Gasteiger partial charge < -0.3 is 5.32 Å². The molecule has 3 nitrogen and oxygen atoms in total. The largest absolute Gasteiger partial charge is 0.435 e. The molecule has 0 amide bonds. The highest BCUT2D eigenvalue weighted by atomic mass is 19.4. The van der Waals surface area contributed by atoms with Crippen LogP contribution in [0.1, 0.15) is 22.5 Å². The highest BCUT2D eigenvalue weighted by Gasteiger charge is 2.41. The minimum absolute atomic E-state index is 0.0711. The summed E-state index contributed by atoms with van der Waals surface area (Å²) in [6.07, 6.45) is -9.23. The van der Waals surface area contributed by atoms with Gasteiger partial charge in [0.05, 0.1) is 16.9 Å². The molecule has 23 heavy (non-hydrogen) atoms. The molecule has 0 unspecified atom stereocenters. The van der Waals surface area contributed by atoms with Gasteiger partial charge in [0.1, 0.15) is 0 Å². The number of fused-ring (bicyclic) bond motifs is 1. The highest BCUT2D eigenvalue weighted by Crippen LogP contribution is 2.38. The van der Waals surface area contributed by atoms with Gasteiger partial charge in [-0.15, -0.1) is 0 Å². The quantitative estimate of drug-likeness (QED) is 0.808. The molecule has 1 aromatic heterocycles. The van der Waals surface area contributed by atoms with Crippen LogP contribution in [0.15, 0.2) is 24.3 Å². The SMILES string of the molecule is FC(F)(F)c1ccccc1-n1nc(C(F)(F)F)c2c1CCNC2. The molecule has 0 fully saturated rings. The Morgan fingerprint density at radius 3 is 2.35 bits per heavy atom. The van der Waals surface area contributed by atoms with Crippen molar-refractivity contribution in [3.05, 3.63) is 46.8 Å². The van der Waals surface area contributed by atoms with Crippen molar-refractivity contribution in [2.24, 2.45) is 0 Å². The lowest BCUT2D eigenvalue weighted by atomic mass is 10.1. The summed E-state index contributed by atoms with van der Waals surface area (Å²) in [5.74, 6) is 0. The standard InChI is InChI=1S/C14H11F6N3/c15-13(16,17)9-3-1-2-4-11(9)23-10-5-6-21-7-8(10)12(22-23)14(18,19)20/h1-4,21H,5-7H2. The molecular weight excluding hydrogens is 324 g/mol. The zero-order chi connectivity index (χ0) is 16.8. The van der Waals surface area contributed by atoms with Gasteiger partial charge in [0.25, 0.3) is 0 Å². The Balaban J connectivity index is 2.25. The minimum atomic E-state index is -4.72. The number of para-hydroxylation sites is 1. The molecule has 0 spiro atoms. The van der Waals surface area contributed by atoms with E-state index >= 15 is 0 Å². The molecule has 3 rings (SSSR count). The summed E-state index contributed by atoms with van der Waals surface area (Å²) in [6.45, 7) is 0.308. The zero-order valence-electron chi connectivity index (χ0n) is 11.6. The molecule has 2 aromatic rings. The van der Waals surface area contributed by atoms with E-state index in [0.29, 0.717) is 6.54 Å². The van der Waals surface area contributed by atoms with E-state index in [1.807, 2.05) is 0 Å². The van der Waals surface area contributed by atoms with Gasteiger partial charge >= 0.3 is 12.4 Å². The van der Waals surface area contributed by atoms with Crippen molar-refractivity contribution < 1.29 is 26.3 Å². The van der Waals surface area contributed by atoms with Gasteiger partial charge in [-0.2, -0.15) is 31.4 Å². The third-order valence-corrected chi connectivity index (χ3v) is 3.64. The van der Waals surface area contributed by atoms with Crippen molar-refractivity contribution in [3.63, 3.8) is 0 Å². The van der Waals surface area contributed by atoms with Crippen molar-refractivity contribution >= 4 is 0 Å². The van der Waals surface area contributed by atoms with Crippen LogP contribution in [-0.2, 0) is 25.3 Å². The van der Waals surface area contributed by atoms with Gasteiger partial charge in [-0.05, 0) is 12.1 Å². The summed E-state index contributed by atoms with van der Waals surface area (Å²) in [5.41, 5.74) is -2.49. The summed E-state index contributed by atoms with van der Waals surface area (Å²) < 4.78 is 79.5. The maximum Gasteiger partial charge on any atom is 0.435 e. The fourth-order valence-electron chi connectivity index (χ4n) is 2.67. The lowest BCUT2D eigenvalue weighted by Gasteiger charge is -2.18. The van der Waals surface area contributed by atoms with Crippen LogP contribution in [-0.4, -0.2) is 16.3 Å². The van der Waals surface area contributed by atoms with Gasteiger partial charge in [-0.25, -0.2) is 4.68 Å². The maximum absolute atomic E-state index is 13.1. The van der Waals surface area contributed by atoms with Gasteiger partial charge in [0.2, 0.25) is 0 Å². The van der Waals surface area contributed by atoms with Crippen LogP contribution < -0.4 is 5.32 Å². The smallest absolute Gasteiger partial charge is 0.312 e. The molecule has 1 aromatic carbocycles. The summed E-state index contributed by atoms with van der Waals surface area (Å²) in [4.78, 5) is 0. The predicted octanol–water partition coefficient (Wildman–Crippen LogP) is 3.56. The molecule has 1 aliphatic rings. The molecule has 0 saturated heterocycles. The van der Waals surface area contributed by atoms with E-state index in [1.165, 1.54) is 12.1 Å². The average Bonchev–Trinajstić information content (AvgIpc) is 2.86. The third kappa shape index (κ3) is 2.80. The normalized spacial score (nSPS) is 15.6. The average molecular weight is 335 g/mol. The van der Waals surface area contributed by atoms with Crippen LogP contribution in [0, 0.1) is 0 Å². The number of nitrogens with one attached hydrogen (secondary N) is 1. The first-order valence-electron chi connectivity index (χ1n) is 6.75.